The summed E-state index contributed by atoms with van der Waals surface area (Å²) in [5, 5.41) is 12.8. The molecule has 1 heterocycles. The number of nitrogens with zero attached hydrogens (tertiary/aromatic N) is 4. The Kier molecular flexibility index (Phi) is 3.85. The Balaban J connectivity index is 1.92. The summed E-state index contributed by atoms with van der Waals surface area (Å²) in [6, 6.07) is 5.89. The van der Waals surface area contributed by atoms with Gasteiger partial charge in [-0.25, -0.2) is 4.68 Å². The van der Waals surface area contributed by atoms with Crippen LogP contribution in [0.5, 0.6) is 0 Å². The normalized spacial score (nSPS) is 26.0. The van der Waals surface area contributed by atoms with Crippen molar-refractivity contribution in [3.8, 4) is 11.4 Å². The predicted molar refractivity (Wildman–Crippen MR) is 83.9 cm³/mol. The Labute approximate surface area is 129 Å². The molecule has 1 aliphatic rings. The Hall–Kier alpha value is -1.62. The minimum absolute atomic E-state index is 0.359. The van der Waals surface area contributed by atoms with E-state index in [2.05, 4.69) is 29.4 Å². The molecular weight excluding hydrogens is 286 g/mol. The van der Waals surface area contributed by atoms with Gasteiger partial charge in [0.15, 0.2) is 5.82 Å². The lowest BCUT2D eigenvalue weighted by Crippen LogP contribution is -2.24. The third kappa shape index (κ3) is 2.75. The number of aromatic nitrogens is 4. The van der Waals surface area contributed by atoms with Crippen molar-refractivity contribution >= 4 is 17.3 Å². The molecule has 6 heteroatoms. The molecule has 0 spiro atoms. The first kappa shape index (κ1) is 14.3. The Morgan fingerprint density at radius 1 is 1.24 bits per heavy atom. The zero-order chi connectivity index (χ0) is 15.0. The van der Waals surface area contributed by atoms with Crippen molar-refractivity contribution in [1.29, 1.82) is 0 Å². The zero-order valence-electron chi connectivity index (χ0n) is 12.3. The van der Waals surface area contributed by atoms with Crippen molar-refractivity contribution in [3.63, 3.8) is 0 Å². The summed E-state index contributed by atoms with van der Waals surface area (Å²) in [4.78, 5) is 0. The van der Waals surface area contributed by atoms with Crippen LogP contribution in [0.4, 0.5) is 5.69 Å². The molecule has 3 rings (SSSR count). The minimum Gasteiger partial charge on any atom is -0.398 e. The summed E-state index contributed by atoms with van der Waals surface area (Å²) < 4.78 is 1.95. The number of benzene rings is 1. The topological polar surface area (TPSA) is 69.6 Å². The molecule has 0 aliphatic heterocycles. The van der Waals surface area contributed by atoms with E-state index < -0.39 is 0 Å². The van der Waals surface area contributed by atoms with Crippen LogP contribution in [0.15, 0.2) is 18.2 Å². The van der Waals surface area contributed by atoms with E-state index in [4.69, 9.17) is 17.3 Å². The molecule has 2 N–H and O–H groups in total. The third-order valence-corrected chi connectivity index (χ3v) is 5.01. The van der Waals surface area contributed by atoms with Crippen LogP contribution in [-0.2, 0) is 0 Å². The highest BCUT2D eigenvalue weighted by molar-refractivity contribution is 6.33. The molecule has 0 radical (unpaired) electrons. The maximum absolute atomic E-state index is 5.98. The monoisotopic (exact) mass is 305 g/mol. The average molecular weight is 306 g/mol. The molecule has 1 aromatic carbocycles. The molecule has 112 valence electrons. The number of rotatable bonds is 2. The van der Waals surface area contributed by atoms with Gasteiger partial charge in [0.1, 0.15) is 0 Å². The number of halogens is 1. The van der Waals surface area contributed by atoms with E-state index in [9.17, 15) is 0 Å². The van der Waals surface area contributed by atoms with Crippen molar-refractivity contribution in [2.24, 2.45) is 11.8 Å². The SMILES string of the molecule is CC1CCC(n2nnnc2-c2ccc(Cl)c(N)c2)CC1C. The first-order valence-electron chi connectivity index (χ1n) is 7.39. The van der Waals surface area contributed by atoms with Crippen LogP contribution in [0, 0.1) is 11.8 Å². The van der Waals surface area contributed by atoms with E-state index in [0.29, 0.717) is 22.7 Å². The van der Waals surface area contributed by atoms with Crippen LogP contribution in [0.1, 0.15) is 39.2 Å². The van der Waals surface area contributed by atoms with Crippen LogP contribution in [-0.4, -0.2) is 20.2 Å². The number of nitrogen functional groups attached to an aromatic ring is 1. The highest BCUT2D eigenvalue weighted by Gasteiger charge is 2.28. The Morgan fingerprint density at radius 2 is 2.05 bits per heavy atom. The number of tetrazole rings is 1. The molecule has 1 aliphatic carbocycles. The van der Waals surface area contributed by atoms with Crippen LogP contribution in [0.25, 0.3) is 11.4 Å². The summed E-state index contributed by atoms with van der Waals surface area (Å²) in [6.45, 7) is 4.63. The molecule has 3 unspecified atom stereocenters. The molecule has 2 aromatic rings. The second-order valence-corrected chi connectivity index (χ2v) is 6.51. The summed E-state index contributed by atoms with van der Waals surface area (Å²) in [5.41, 5.74) is 7.35. The van der Waals surface area contributed by atoms with Crippen LogP contribution in [0.3, 0.4) is 0 Å². The Morgan fingerprint density at radius 3 is 2.76 bits per heavy atom. The lowest BCUT2D eigenvalue weighted by atomic mass is 9.79. The lowest BCUT2D eigenvalue weighted by Gasteiger charge is -2.32. The van der Waals surface area contributed by atoms with Crippen molar-refractivity contribution in [1.82, 2.24) is 20.2 Å². The van der Waals surface area contributed by atoms with E-state index in [1.807, 2.05) is 16.8 Å². The van der Waals surface area contributed by atoms with Gasteiger partial charge in [-0.15, -0.1) is 5.10 Å². The van der Waals surface area contributed by atoms with E-state index in [0.717, 1.165) is 30.1 Å². The molecule has 1 aromatic heterocycles. The second kappa shape index (κ2) is 5.64. The maximum atomic E-state index is 5.98. The van der Waals surface area contributed by atoms with Gasteiger partial charge >= 0.3 is 0 Å². The van der Waals surface area contributed by atoms with Gasteiger partial charge in [-0.2, -0.15) is 0 Å². The summed E-state index contributed by atoms with van der Waals surface area (Å²) in [6.07, 6.45) is 3.45. The van der Waals surface area contributed by atoms with Gasteiger partial charge in [0.25, 0.3) is 0 Å². The van der Waals surface area contributed by atoms with Gasteiger partial charge in [0, 0.05) is 5.56 Å². The van der Waals surface area contributed by atoms with Gasteiger partial charge < -0.3 is 5.73 Å². The summed E-state index contributed by atoms with van der Waals surface area (Å²) in [7, 11) is 0. The molecule has 1 fully saturated rings. The largest absolute Gasteiger partial charge is 0.398 e. The fourth-order valence-corrected chi connectivity index (χ4v) is 3.17. The summed E-state index contributed by atoms with van der Waals surface area (Å²) >= 11 is 5.98. The quantitative estimate of drug-likeness (QED) is 0.861. The van der Waals surface area contributed by atoms with E-state index in [1.165, 1.54) is 6.42 Å². The first-order chi connectivity index (χ1) is 10.1. The molecule has 0 saturated heterocycles. The predicted octanol–water partition coefficient (Wildman–Crippen LogP) is 3.57. The van der Waals surface area contributed by atoms with Gasteiger partial charge in [-0.3, -0.25) is 0 Å². The zero-order valence-corrected chi connectivity index (χ0v) is 13.1. The molecule has 0 amide bonds. The van der Waals surface area contributed by atoms with Crippen LogP contribution >= 0.6 is 11.6 Å². The van der Waals surface area contributed by atoms with Gasteiger partial charge in [0.05, 0.1) is 16.8 Å². The van der Waals surface area contributed by atoms with Crippen molar-refractivity contribution < 1.29 is 0 Å². The van der Waals surface area contributed by atoms with E-state index in [1.54, 1.807) is 6.07 Å². The maximum Gasteiger partial charge on any atom is 0.182 e. The second-order valence-electron chi connectivity index (χ2n) is 6.10. The van der Waals surface area contributed by atoms with Gasteiger partial charge in [-0.05, 0) is 59.7 Å². The Bertz CT molecular complexity index is 639. The summed E-state index contributed by atoms with van der Waals surface area (Å²) in [5.74, 6) is 2.23. The lowest BCUT2D eigenvalue weighted by molar-refractivity contribution is 0.200. The molecule has 21 heavy (non-hydrogen) atoms. The average Bonchev–Trinajstić information content (AvgIpc) is 2.94. The molecular formula is C15H20ClN5. The standard InChI is InChI=1S/C15H20ClN5/c1-9-3-5-12(7-10(9)2)21-15(18-19-20-21)11-4-6-13(16)14(17)8-11/h4,6,8-10,12H,3,5,7,17H2,1-2H3. The first-order valence-corrected chi connectivity index (χ1v) is 7.77. The fourth-order valence-electron chi connectivity index (χ4n) is 3.05. The van der Waals surface area contributed by atoms with Crippen LogP contribution in [0.2, 0.25) is 5.02 Å². The number of nitrogens with two attached hydrogens (primary N) is 1. The fraction of sp³-hybridized carbons (Fsp3) is 0.533. The number of hydrogen-bond acceptors (Lipinski definition) is 4. The van der Waals surface area contributed by atoms with Crippen LogP contribution < -0.4 is 5.73 Å². The minimum atomic E-state index is 0.359. The molecule has 0 bridgehead atoms. The van der Waals surface area contributed by atoms with Gasteiger partial charge in [-0.1, -0.05) is 25.4 Å². The number of anilines is 1. The van der Waals surface area contributed by atoms with Crippen molar-refractivity contribution in [2.45, 2.75) is 39.2 Å². The molecule has 1 saturated carbocycles. The highest BCUT2D eigenvalue weighted by atomic mass is 35.5. The highest BCUT2D eigenvalue weighted by Crippen LogP contribution is 2.37. The van der Waals surface area contributed by atoms with Crippen molar-refractivity contribution in [2.75, 3.05) is 5.73 Å². The molecule has 5 nitrogen and oxygen atoms in total. The smallest absolute Gasteiger partial charge is 0.182 e. The molecule has 3 atom stereocenters. The third-order valence-electron chi connectivity index (χ3n) is 4.66. The van der Waals surface area contributed by atoms with Gasteiger partial charge in [0.2, 0.25) is 0 Å². The van der Waals surface area contributed by atoms with E-state index in [-0.39, 0.29) is 0 Å². The van der Waals surface area contributed by atoms with E-state index >= 15 is 0 Å². The number of hydrogen-bond donors (Lipinski definition) is 1. The van der Waals surface area contributed by atoms with Crippen molar-refractivity contribution in [3.05, 3.63) is 23.2 Å².